The largest absolute Gasteiger partial charge is 0.317 e. The fraction of sp³-hybridized carbons (Fsp3) is 0.600. The van der Waals surface area contributed by atoms with Gasteiger partial charge < -0.3 is 5.32 Å². The van der Waals surface area contributed by atoms with Crippen LogP contribution in [-0.4, -0.2) is 19.2 Å². The van der Waals surface area contributed by atoms with Crippen LogP contribution in [0.25, 0.3) is 0 Å². The topological polar surface area (TPSA) is 33.3 Å². The predicted molar refractivity (Wildman–Crippen MR) is 90.4 cm³/mol. The van der Waals surface area contributed by atoms with Crippen molar-refractivity contribution in [3.63, 3.8) is 0 Å². The number of benzene rings is 1. The molecule has 1 saturated heterocycles. The lowest BCUT2D eigenvalue weighted by Gasteiger charge is -2.25. The van der Waals surface area contributed by atoms with Gasteiger partial charge in [0.15, 0.2) is 0 Å². The average molecular weight is 321 g/mol. The van der Waals surface area contributed by atoms with Crippen LogP contribution in [0.3, 0.4) is 0 Å². The summed E-state index contributed by atoms with van der Waals surface area (Å²) in [5.74, 6) is 0.714. The number of rotatable bonds is 4. The number of hydrogen-bond donors (Lipinski definition) is 2. The van der Waals surface area contributed by atoms with Crippen molar-refractivity contribution in [1.82, 2.24) is 5.32 Å². The van der Waals surface area contributed by atoms with Crippen LogP contribution in [0.1, 0.15) is 43.7 Å². The van der Waals surface area contributed by atoms with E-state index in [1.165, 1.54) is 24.0 Å². The zero-order chi connectivity index (χ0) is 13.0. The Labute approximate surface area is 134 Å². The Bertz CT molecular complexity index is 393. The minimum absolute atomic E-state index is 0. The maximum atomic E-state index is 5.41. The van der Waals surface area contributed by atoms with E-state index in [1.807, 2.05) is 13.8 Å². The van der Waals surface area contributed by atoms with E-state index in [9.17, 15) is 0 Å². The van der Waals surface area contributed by atoms with E-state index in [1.54, 1.807) is 0 Å². The molecule has 1 aliphatic heterocycles. The molecule has 1 aromatic rings. The lowest BCUT2D eigenvalue weighted by molar-refractivity contribution is 0.130. The summed E-state index contributed by atoms with van der Waals surface area (Å²) in [6.45, 7) is 8.51. The molecule has 1 fully saturated rings. The first-order chi connectivity index (χ1) is 8.66. The summed E-state index contributed by atoms with van der Waals surface area (Å²) < 4.78 is 0. The van der Waals surface area contributed by atoms with Crippen molar-refractivity contribution in [3.8, 4) is 0 Å². The van der Waals surface area contributed by atoms with E-state index in [4.69, 9.17) is 4.84 Å². The minimum Gasteiger partial charge on any atom is -0.317 e. The maximum absolute atomic E-state index is 5.41. The Balaban J connectivity index is 0.00000180. The zero-order valence-electron chi connectivity index (χ0n) is 12.4. The van der Waals surface area contributed by atoms with E-state index < -0.39 is 0 Å². The van der Waals surface area contributed by atoms with Crippen molar-refractivity contribution in [2.24, 2.45) is 0 Å². The number of halogens is 2. The van der Waals surface area contributed by atoms with Gasteiger partial charge in [0.2, 0.25) is 0 Å². The Morgan fingerprint density at radius 2 is 1.85 bits per heavy atom. The van der Waals surface area contributed by atoms with Crippen molar-refractivity contribution >= 4 is 30.5 Å². The molecular weight excluding hydrogens is 295 g/mol. The van der Waals surface area contributed by atoms with Crippen LogP contribution < -0.4 is 10.8 Å². The standard InChI is InChI=1S/C15H24N2O.2ClH/c1-11(2)18-17-14-4-5-15(12(3)10-14)13-6-8-16-9-7-13;;/h4-5,10-11,13,16-17H,6-9H2,1-3H3;2*1H. The van der Waals surface area contributed by atoms with Gasteiger partial charge in [-0.15, -0.1) is 24.8 Å². The van der Waals surface area contributed by atoms with Crippen LogP contribution in [0.4, 0.5) is 5.69 Å². The summed E-state index contributed by atoms with van der Waals surface area (Å²) in [4.78, 5) is 5.41. The van der Waals surface area contributed by atoms with Crippen LogP contribution >= 0.6 is 24.8 Å². The molecule has 0 saturated carbocycles. The molecule has 0 amide bonds. The smallest absolute Gasteiger partial charge is 0.0797 e. The molecule has 3 nitrogen and oxygen atoms in total. The third-order valence-corrected chi connectivity index (χ3v) is 3.46. The molecule has 116 valence electrons. The highest BCUT2D eigenvalue weighted by molar-refractivity contribution is 5.85. The molecule has 2 N–H and O–H groups in total. The highest BCUT2D eigenvalue weighted by Gasteiger charge is 2.16. The molecular formula is C15H26Cl2N2O. The van der Waals surface area contributed by atoms with E-state index in [0.717, 1.165) is 18.8 Å². The number of hydrogen-bond acceptors (Lipinski definition) is 3. The first-order valence-electron chi connectivity index (χ1n) is 6.89. The Hall–Kier alpha value is -0.480. The monoisotopic (exact) mass is 320 g/mol. The highest BCUT2D eigenvalue weighted by atomic mass is 35.5. The second kappa shape index (κ2) is 9.46. The molecule has 0 bridgehead atoms. The predicted octanol–water partition coefficient (Wildman–Crippen LogP) is 4.06. The van der Waals surface area contributed by atoms with Crippen LogP contribution in [0.5, 0.6) is 0 Å². The molecule has 2 rings (SSSR count). The number of anilines is 1. The van der Waals surface area contributed by atoms with Crippen LogP contribution in [-0.2, 0) is 4.84 Å². The van der Waals surface area contributed by atoms with Gasteiger partial charge in [0.1, 0.15) is 0 Å². The fourth-order valence-corrected chi connectivity index (χ4v) is 2.52. The lowest BCUT2D eigenvalue weighted by atomic mass is 9.87. The summed E-state index contributed by atoms with van der Waals surface area (Å²) in [6.07, 6.45) is 2.68. The molecule has 0 spiro atoms. The van der Waals surface area contributed by atoms with Gasteiger partial charge in [0, 0.05) is 0 Å². The minimum atomic E-state index is 0. The Kier molecular flexibility index (Phi) is 9.23. The fourth-order valence-electron chi connectivity index (χ4n) is 2.52. The quantitative estimate of drug-likeness (QED) is 0.821. The van der Waals surface area contributed by atoms with Gasteiger partial charge in [-0.2, -0.15) is 0 Å². The second-order valence-electron chi connectivity index (χ2n) is 5.36. The van der Waals surface area contributed by atoms with Crippen molar-refractivity contribution < 1.29 is 4.84 Å². The molecule has 0 atom stereocenters. The van der Waals surface area contributed by atoms with Crippen molar-refractivity contribution in [3.05, 3.63) is 29.3 Å². The van der Waals surface area contributed by atoms with Gasteiger partial charge in [-0.05, 0) is 75.9 Å². The molecule has 0 unspecified atom stereocenters. The van der Waals surface area contributed by atoms with Gasteiger partial charge in [-0.25, -0.2) is 0 Å². The average Bonchev–Trinajstić information content (AvgIpc) is 2.37. The third kappa shape index (κ3) is 5.49. The van der Waals surface area contributed by atoms with Gasteiger partial charge in [0.25, 0.3) is 0 Å². The summed E-state index contributed by atoms with van der Waals surface area (Å²) >= 11 is 0. The molecule has 1 aromatic carbocycles. The van der Waals surface area contributed by atoms with Crippen LogP contribution in [0.15, 0.2) is 18.2 Å². The normalized spacial score (nSPS) is 15.4. The van der Waals surface area contributed by atoms with Crippen LogP contribution in [0, 0.1) is 6.92 Å². The SMILES string of the molecule is Cc1cc(NOC(C)C)ccc1C1CCNCC1.Cl.Cl. The first kappa shape index (κ1) is 19.5. The van der Waals surface area contributed by atoms with E-state index in [0.29, 0.717) is 5.92 Å². The van der Waals surface area contributed by atoms with Gasteiger partial charge in [-0.1, -0.05) is 6.07 Å². The van der Waals surface area contributed by atoms with Gasteiger partial charge in [-0.3, -0.25) is 10.3 Å². The van der Waals surface area contributed by atoms with Crippen molar-refractivity contribution in [2.45, 2.75) is 45.6 Å². The summed E-state index contributed by atoms with van der Waals surface area (Å²) in [5.41, 5.74) is 6.90. The second-order valence-corrected chi connectivity index (χ2v) is 5.36. The molecule has 0 aliphatic carbocycles. The Morgan fingerprint density at radius 1 is 1.20 bits per heavy atom. The molecule has 5 heteroatoms. The summed E-state index contributed by atoms with van der Waals surface area (Å²) in [6, 6.07) is 6.55. The molecule has 20 heavy (non-hydrogen) atoms. The summed E-state index contributed by atoms with van der Waals surface area (Å²) in [7, 11) is 0. The number of nitrogens with one attached hydrogen (secondary N) is 2. The maximum Gasteiger partial charge on any atom is 0.0797 e. The van der Waals surface area contributed by atoms with Crippen molar-refractivity contribution in [2.75, 3.05) is 18.6 Å². The molecule has 0 radical (unpaired) electrons. The third-order valence-electron chi connectivity index (χ3n) is 3.46. The van der Waals surface area contributed by atoms with Gasteiger partial charge in [0.05, 0.1) is 11.8 Å². The molecule has 0 aromatic heterocycles. The number of piperidine rings is 1. The zero-order valence-corrected chi connectivity index (χ0v) is 14.1. The molecule has 1 aliphatic rings. The summed E-state index contributed by atoms with van der Waals surface area (Å²) in [5, 5.41) is 3.42. The van der Waals surface area contributed by atoms with E-state index in [-0.39, 0.29) is 30.9 Å². The van der Waals surface area contributed by atoms with Crippen molar-refractivity contribution in [1.29, 1.82) is 0 Å². The Morgan fingerprint density at radius 3 is 2.40 bits per heavy atom. The molecule has 1 heterocycles. The van der Waals surface area contributed by atoms with Gasteiger partial charge >= 0.3 is 0 Å². The lowest BCUT2D eigenvalue weighted by Crippen LogP contribution is -2.26. The van der Waals surface area contributed by atoms with Crippen LogP contribution in [0.2, 0.25) is 0 Å². The number of aryl methyl sites for hydroxylation is 1. The van der Waals surface area contributed by atoms with E-state index >= 15 is 0 Å². The van der Waals surface area contributed by atoms with E-state index in [2.05, 4.69) is 35.9 Å². The highest BCUT2D eigenvalue weighted by Crippen LogP contribution is 2.29. The first-order valence-corrected chi connectivity index (χ1v) is 6.89.